The van der Waals surface area contributed by atoms with Gasteiger partial charge >= 0.3 is 0 Å². The molecular weight excluding hydrogens is 354 g/mol. The second-order valence-corrected chi connectivity index (χ2v) is 8.78. The Kier molecular flexibility index (Phi) is 5.81. The van der Waals surface area contributed by atoms with E-state index in [1.54, 1.807) is 6.07 Å². The smallest absolute Gasteiger partial charge is 0.226 e. The van der Waals surface area contributed by atoms with E-state index in [-0.39, 0.29) is 11.3 Å². The maximum absolute atomic E-state index is 12.6. The highest BCUT2D eigenvalue weighted by Crippen LogP contribution is 2.35. The fourth-order valence-corrected chi connectivity index (χ4v) is 4.47. The number of hydrogen-bond donors (Lipinski definition) is 1. The van der Waals surface area contributed by atoms with E-state index in [9.17, 15) is 10.1 Å². The average molecular weight is 378 g/mol. The van der Waals surface area contributed by atoms with Crippen LogP contribution in [0.5, 0.6) is 0 Å². The van der Waals surface area contributed by atoms with Crippen LogP contribution in [0, 0.1) is 22.7 Å². The Hall–Kier alpha value is -1.38. The molecule has 0 radical (unpaired) electrons. The van der Waals surface area contributed by atoms with Gasteiger partial charge in [0.25, 0.3) is 0 Å². The summed E-state index contributed by atoms with van der Waals surface area (Å²) in [7, 11) is 0. The minimum Gasteiger partial charge on any atom is -0.370 e. The van der Waals surface area contributed by atoms with Gasteiger partial charge in [0.1, 0.15) is 6.07 Å². The first-order valence-electron chi connectivity index (χ1n) is 8.82. The highest BCUT2D eigenvalue weighted by atomic mass is 35.5. The van der Waals surface area contributed by atoms with Gasteiger partial charge in [-0.1, -0.05) is 18.5 Å². The van der Waals surface area contributed by atoms with E-state index in [1.807, 2.05) is 23.9 Å². The predicted octanol–water partition coefficient (Wildman–Crippen LogP) is 3.69. The third-order valence-electron chi connectivity index (χ3n) is 5.38. The lowest BCUT2D eigenvalue weighted by molar-refractivity contribution is -0.131. The molecule has 4 nitrogen and oxygen atoms in total. The Morgan fingerprint density at radius 2 is 2.16 bits per heavy atom. The van der Waals surface area contributed by atoms with Crippen molar-refractivity contribution in [2.45, 2.75) is 26.2 Å². The molecule has 6 heteroatoms. The summed E-state index contributed by atoms with van der Waals surface area (Å²) in [5, 5.41) is 13.0. The first-order chi connectivity index (χ1) is 12.0. The van der Waals surface area contributed by atoms with Gasteiger partial charge in [0.15, 0.2) is 0 Å². The summed E-state index contributed by atoms with van der Waals surface area (Å²) in [4.78, 5) is 14.8. The van der Waals surface area contributed by atoms with Crippen molar-refractivity contribution < 1.29 is 4.79 Å². The highest BCUT2D eigenvalue weighted by molar-refractivity contribution is 8.00. The molecule has 0 aromatic heterocycles. The van der Waals surface area contributed by atoms with Crippen molar-refractivity contribution in [2.75, 3.05) is 36.0 Å². The summed E-state index contributed by atoms with van der Waals surface area (Å²) >= 11 is 7.97. The number of nitrogens with zero attached hydrogens (tertiary/aromatic N) is 2. The number of thioether (sulfide) groups is 1. The predicted molar refractivity (Wildman–Crippen MR) is 104 cm³/mol. The molecule has 2 heterocycles. The van der Waals surface area contributed by atoms with E-state index in [0.29, 0.717) is 10.6 Å². The molecule has 3 rings (SSSR count). The number of rotatable bonds is 5. The monoisotopic (exact) mass is 377 g/mol. The maximum atomic E-state index is 12.6. The summed E-state index contributed by atoms with van der Waals surface area (Å²) in [5.41, 5.74) is 1.19. The third kappa shape index (κ3) is 4.24. The molecule has 0 spiro atoms. The molecule has 2 aliphatic rings. The maximum Gasteiger partial charge on any atom is 0.226 e. The first kappa shape index (κ1) is 18.4. The zero-order valence-corrected chi connectivity index (χ0v) is 16.1. The summed E-state index contributed by atoms with van der Waals surface area (Å²) in [5.74, 6) is 3.44. The zero-order chi connectivity index (χ0) is 17.9. The van der Waals surface area contributed by atoms with Crippen molar-refractivity contribution in [1.82, 2.24) is 5.32 Å². The fraction of sp³-hybridized carbons (Fsp3) is 0.579. The molecule has 0 atom stereocenters. The van der Waals surface area contributed by atoms with Gasteiger partial charge in [-0.3, -0.25) is 4.79 Å². The summed E-state index contributed by atoms with van der Waals surface area (Å²) < 4.78 is 0. The lowest BCUT2D eigenvalue weighted by Gasteiger charge is -2.39. The lowest BCUT2D eigenvalue weighted by atomic mass is 9.79. The van der Waals surface area contributed by atoms with Gasteiger partial charge in [-0.15, -0.1) is 0 Å². The van der Waals surface area contributed by atoms with Gasteiger partial charge in [-0.25, -0.2) is 0 Å². The molecule has 0 aliphatic carbocycles. The molecule has 1 amide bonds. The normalized spacial score (nSPS) is 19.8. The van der Waals surface area contributed by atoms with Crippen LogP contribution in [0.2, 0.25) is 5.02 Å². The number of nitriles is 1. The molecule has 2 aliphatic heterocycles. The van der Waals surface area contributed by atoms with E-state index in [1.165, 1.54) is 11.5 Å². The van der Waals surface area contributed by atoms with Crippen molar-refractivity contribution in [2.24, 2.45) is 11.3 Å². The van der Waals surface area contributed by atoms with Crippen molar-refractivity contribution in [1.29, 1.82) is 5.26 Å². The largest absolute Gasteiger partial charge is 0.370 e. The van der Waals surface area contributed by atoms with Crippen molar-refractivity contribution in [3.63, 3.8) is 0 Å². The molecule has 1 aromatic carbocycles. The summed E-state index contributed by atoms with van der Waals surface area (Å²) in [6.07, 6.45) is 2.69. The van der Waals surface area contributed by atoms with Gasteiger partial charge in [0.2, 0.25) is 5.91 Å². The second-order valence-electron chi connectivity index (χ2n) is 7.27. The molecule has 2 fully saturated rings. The topological polar surface area (TPSA) is 56.1 Å². The molecule has 0 bridgehead atoms. The first-order valence-corrected chi connectivity index (χ1v) is 10.4. The minimum atomic E-state index is -0.315. The van der Waals surface area contributed by atoms with E-state index >= 15 is 0 Å². The van der Waals surface area contributed by atoms with Gasteiger partial charge < -0.3 is 10.2 Å². The van der Waals surface area contributed by atoms with Crippen LogP contribution in [0.25, 0.3) is 0 Å². The van der Waals surface area contributed by atoms with Crippen LogP contribution in [-0.2, 0) is 4.79 Å². The minimum absolute atomic E-state index is 0.177. The van der Waals surface area contributed by atoms with Crippen molar-refractivity contribution in [3.8, 4) is 6.07 Å². The Morgan fingerprint density at radius 3 is 2.76 bits per heavy atom. The van der Waals surface area contributed by atoms with Crippen LogP contribution in [0.4, 0.5) is 5.69 Å². The van der Waals surface area contributed by atoms with Gasteiger partial charge in [-0.05, 0) is 54.9 Å². The lowest BCUT2D eigenvalue weighted by Crippen LogP contribution is -2.48. The number of benzene rings is 1. The second kappa shape index (κ2) is 7.88. The number of carbonyl (C=O) groups is 1. The Morgan fingerprint density at radius 1 is 1.44 bits per heavy atom. The molecule has 1 aromatic rings. The van der Waals surface area contributed by atoms with Gasteiger partial charge in [0.05, 0.1) is 11.3 Å². The van der Waals surface area contributed by atoms with E-state index in [2.05, 4.69) is 23.2 Å². The average Bonchev–Trinajstić information content (AvgIpc) is 2.57. The summed E-state index contributed by atoms with van der Waals surface area (Å²) in [6.45, 7) is 4.41. The number of hydrogen-bond acceptors (Lipinski definition) is 4. The van der Waals surface area contributed by atoms with Crippen LogP contribution >= 0.6 is 23.4 Å². The molecule has 0 saturated carbocycles. The molecule has 2 saturated heterocycles. The number of nitrogens with one attached hydrogen (secondary N) is 1. The van der Waals surface area contributed by atoms with Gasteiger partial charge in [0, 0.05) is 30.1 Å². The van der Waals surface area contributed by atoms with Crippen LogP contribution in [0.15, 0.2) is 18.2 Å². The van der Waals surface area contributed by atoms with E-state index in [4.69, 9.17) is 11.6 Å². The van der Waals surface area contributed by atoms with E-state index in [0.717, 1.165) is 50.5 Å². The number of anilines is 1. The van der Waals surface area contributed by atoms with Crippen LogP contribution in [0.3, 0.4) is 0 Å². The SMILES string of the molecule is CC1(C(=O)NCCC2CSC2)CCN(c2ccc(Cl)cc2C#N)CC1. The molecule has 25 heavy (non-hydrogen) atoms. The zero-order valence-electron chi connectivity index (χ0n) is 14.6. The fourth-order valence-electron chi connectivity index (χ4n) is 3.40. The molecule has 0 unspecified atom stereocenters. The third-order valence-corrected chi connectivity index (χ3v) is 7.03. The van der Waals surface area contributed by atoms with Crippen LogP contribution in [-0.4, -0.2) is 37.0 Å². The van der Waals surface area contributed by atoms with Gasteiger partial charge in [-0.2, -0.15) is 17.0 Å². The Balaban J connectivity index is 1.55. The number of carbonyl (C=O) groups excluding carboxylic acids is 1. The number of halogens is 1. The Bertz CT molecular complexity index is 676. The number of piperidine rings is 1. The van der Waals surface area contributed by atoms with Crippen LogP contribution in [0.1, 0.15) is 31.7 Å². The molecule has 1 N–H and O–H groups in total. The quantitative estimate of drug-likeness (QED) is 0.850. The molecular formula is C19H24ClN3OS. The highest BCUT2D eigenvalue weighted by Gasteiger charge is 2.37. The number of amides is 1. The van der Waals surface area contributed by atoms with Crippen molar-refractivity contribution >= 4 is 35.0 Å². The standard InChI is InChI=1S/C19H24ClN3OS/c1-19(18(24)22-7-4-14-12-25-13-14)5-8-23(9-6-19)17-3-2-16(20)10-15(17)11-21/h2-3,10,14H,4-9,12-13H2,1H3,(H,22,24). The molecule has 134 valence electrons. The van der Waals surface area contributed by atoms with E-state index < -0.39 is 0 Å². The Labute approximate surface area is 158 Å². The summed E-state index contributed by atoms with van der Waals surface area (Å²) in [6, 6.07) is 7.64. The van der Waals surface area contributed by atoms with Crippen LogP contribution < -0.4 is 10.2 Å². The van der Waals surface area contributed by atoms with Crippen molar-refractivity contribution in [3.05, 3.63) is 28.8 Å².